The minimum atomic E-state index is -0.285. The Morgan fingerprint density at radius 1 is 1.45 bits per heavy atom. The predicted molar refractivity (Wildman–Crippen MR) is 76.1 cm³/mol. The minimum absolute atomic E-state index is 0.0135. The number of likely N-dealkylation sites (N-methyl/N-ethyl adjacent to an activating group) is 1. The average Bonchev–Trinajstić information content (AvgIpc) is 2.93. The summed E-state index contributed by atoms with van der Waals surface area (Å²) in [5.74, 6) is 0.224. The fourth-order valence-electron chi connectivity index (χ4n) is 2.20. The van der Waals surface area contributed by atoms with Gasteiger partial charge in [0.15, 0.2) is 0 Å². The van der Waals surface area contributed by atoms with Crippen LogP contribution in [-0.2, 0) is 11.3 Å². The van der Waals surface area contributed by atoms with E-state index in [1.165, 1.54) is 0 Å². The number of amides is 1. The molecule has 1 heterocycles. The molecule has 0 aliphatic heterocycles. The van der Waals surface area contributed by atoms with Gasteiger partial charge in [-0.05, 0) is 30.2 Å². The Bertz CT molecular complexity index is 566. The SMILES string of the molecule is CC[C@H](C(=O)N(C)Cc1cccc(O)c1)n1cccn1. The number of hydrogen-bond donors (Lipinski definition) is 1. The van der Waals surface area contributed by atoms with Crippen LogP contribution in [0, 0.1) is 0 Å². The second-order valence-corrected chi connectivity index (χ2v) is 4.77. The van der Waals surface area contributed by atoms with Crippen LogP contribution in [0.5, 0.6) is 5.75 Å². The second-order valence-electron chi connectivity index (χ2n) is 4.77. The first-order valence-corrected chi connectivity index (χ1v) is 6.63. The molecule has 20 heavy (non-hydrogen) atoms. The largest absolute Gasteiger partial charge is 0.508 e. The first kappa shape index (κ1) is 14.1. The van der Waals surface area contributed by atoms with Crippen molar-refractivity contribution < 1.29 is 9.90 Å². The van der Waals surface area contributed by atoms with Gasteiger partial charge in [-0.1, -0.05) is 19.1 Å². The Hall–Kier alpha value is -2.30. The van der Waals surface area contributed by atoms with Gasteiger partial charge in [-0.3, -0.25) is 9.48 Å². The Balaban J connectivity index is 2.08. The Kier molecular flexibility index (Phi) is 4.40. The van der Waals surface area contributed by atoms with Gasteiger partial charge in [-0.2, -0.15) is 5.10 Å². The van der Waals surface area contributed by atoms with Crippen LogP contribution in [0.25, 0.3) is 0 Å². The third kappa shape index (κ3) is 3.17. The van der Waals surface area contributed by atoms with E-state index in [0.29, 0.717) is 13.0 Å². The molecule has 2 rings (SSSR count). The lowest BCUT2D eigenvalue weighted by molar-refractivity contribution is -0.134. The van der Waals surface area contributed by atoms with Crippen molar-refractivity contribution in [2.45, 2.75) is 25.9 Å². The molecule has 0 saturated heterocycles. The zero-order valence-corrected chi connectivity index (χ0v) is 11.7. The summed E-state index contributed by atoms with van der Waals surface area (Å²) < 4.78 is 1.68. The number of nitrogens with zero attached hydrogens (tertiary/aromatic N) is 3. The lowest BCUT2D eigenvalue weighted by atomic mass is 10.1. The molecule has 0 bridgehead atoms. The van der Waals surface area contributed by atoms with E-state index < -0.39 is 0 Å². The lowest BCUT2D eigenvalue weighted by Crippen LogP contribution is -2.34. The molecule has 1 atom stereocenters. The summed E-state index contributed by atoms with van der Waals surface area (Å²) in [6, 6.07) is 8.46. The molecule has 2 aromatic rings. The van der Waals surface area contributed by atoms with Crippen LogP contribution in [0.1, 0.15) is 24.9 Å². The molecule has 0 aliphatic rings. The van der Waals surface area contributed by atoms with Crippen LogP contribution in [0.3, 0.4) is 0 Å². The Labute approximate surface area is 118 Å². The lowest BCUT2D eigenvalue weighted by Gasteiger charge is -2.23. The van der Waals surface area contributed by atoms with Crippen LogP contribution in [0.2, 0.25) is 0 Å². The van der Waals surface area contributed by atoms with Crippen LogP contribution in [0.15, 0.2) is 42.7 Å². The molecule has 1 N–H and O–H groups in total. The summed E-state index contributed by atoms with van der Waals surface area (Å²) >= 11 is 0. The van der Waals surface area contributed by atoms with Gasteiger partial charge in [0.2, 0.25) is 5.91 Å². The summed E-state index contributed by atoms with van der Waals surface area (Å²) in [5, 5.41) is 13.6. The maximum Gasteiger partial charge on any atom is 0.247 e. The molecular formula is C15H19N3O2. The molecule has 0 fully saturated rings. The van der Waals surface area contributed by atoms with Crippen molar-refractivity contribution in [1.29, 1.82) is 0 Å². The fraction of sp³-hybridized carbons (Fsp3) is 0.333. The van der Waals surface area contributed by atoms with Crippen LogP contribution in [-0.4, -0.2) is 32.7 Å². The molecule has 5 nitrogen and oxygen atoms in total. The molecule has 1 aromatic heterocycles. The summed E-state index contributed by atoms with van der Waals surface area (Å²) in [4.78, 5) is 14.1. The maximum absolute atomic E-state index is 12.5. The van der Waals surface area contributed by atoms with E-state index in [1.807, 2.05) is 19.1 Å². The first-order chi connectivity index (χ1) is 9.61. The maximum atomic E-state index is 12.5. The van der Waals surface area contributed by atoms with Gasteiger partial charge in [-0.15, -0.1) is 0 Å². The molecule has 0 unspecified atom stereocenters. The number of aromatic nitrogens is 2. The van der Waals surface area contributed by atoms with Crippen molar-refractivity contribution in [1.82, 2.24) is 14.7 Å². The van der Waals surface area contributed by atoms with Crippen molar-refractivity contribution in [3.63, 3.8) is 0 Å². The molecular weight excluding hydrogens is 254 g/mol. The summed E-state index contributed by atoms with van der Waals surface area (Å²) in [7, 11) is 1.76. The number of carbonyl (C=O) groups excluding carboxylic acids is 1. The standard InChI is InChI=1S/C15H19N3O2/c1-3-14(18-9-5-8-16-18)15(20)17(2)11-12-6-4-7-13(19)10-12/h4-10,14,19H,3,11H2,1-2H3/t14-/m1/s1. The van der Waals surface area contributed by atoms with E-state index in [2.05, 4.69) is 5.10 Å². The van der Waals surface area contributed by atoms with Gasteiger partial charge >= 0.3 is 0 Å². The molecule has 0 aliphatic carbocycles. The van der Waals surface area contributed by atoms with Gasteiger partial charge in [0.1, 0.15) is 11.8 Å². The van der Waals surface area contributed by atoms with Crippen LogP contribution >= 0.6 is 0 Å². The van der Waals surface area contributed by atoms with Gasteiger partial charge < -0.3 is 10.0 Å². The van der Waals surface area contributed by atoms with E-state index in [-0.39, 0.29) is 17.7 Å². The number of hydrogen-bond acceptors (Lipinski definition) is 3. The van der Waals surface area contributed by atoms with Crippen LogP contribution in [0.4, 0.5) is 0 Å². The quantitative estimate of drug-likeness (QED) is 0.908. The van der Waals surface area contributed by atoms with Gasteiger partial charge in [0.25, 0.3) is 0 Å². The van der Waals surface area contributed by atoms with Gasteiger partial charge in [-0.25, -0.2) is 0 Å². The van der Waals surface area contributed by atoms with Crippen LogP contribution < -0.4 is 0 Å². The molecule has 106 valence electrons. The minimum Gasteiger partial charge on any atom is -0.508 e. The number of phenolic OH excluding ortho intramolecular Hbond substituents is 1. The Morgan fingerprint density at radius 2 is 2.25 bits per heavy atom. The summed E-state index contributed by atoms with van der Waals surface area (Å²) in [6.45, 7) is 2.43. The molecule has 1 amide bonds. The van der Waals surface area contributed by atoms with E-state index in [9.17, 15) is 9.90 Å². The highest BCUT2D eigenvalue weighted by atomic mass is 16.3. The molecule has 5 heteroatoms. The number of phenols is 1. The monoisotopic (exact) mass is 273 g/mol. The highest BCUT2D eigenvalue weighted by Crippen LogP contribution is 2.17. The number of aromatic hydroxyl groups is 1. The number of benzene rings is 1. The van der Waals surface area contributed by atoms with Crippen molar-refractivity contribution in [3.8, 4) is 5.75 Å². The van der Waals surface area contributed by atoms with Crippen molar-refractivity contribution in [3.05, 3.63) is 48.3 Å². The third-order valence-electron chi connectivity index (χ3n) is 3.22. The second kappa shape index (κ2) is 6.23. The zero-order chi connectivity index (χ0) is 14.5. The van der Waals surface area contributed by atoms with E-state index in [0.717, 1.165) is 5.56 Å². The topological polar surface area (TPSA) is 58.4 Å². The molecule has 0 radical (unpaired) electrons. The number of carbonyl (C=O) groups is 1. The highest BCUT2D eigenvalue weighted by Gasteiger charge is 2.22. The van der Waals surface area contributed by atoms with Crippen molar-refractivity contribution in [2.75, 3.05) is 7.05 Å². The number of rotatable bonds is 5. The third-order valence-corrected chi connectivity index (χ3v) is 3.22. The van der Waals surface area contributed by atoms with Gasteiger partial charge in [0.05, 0.1) is 0 Å². The van der Waals surface area contributed by atoms with E-state index in [4.69, 9.17) is 0 Å². The smallest absolute Gasteiger partial charge is 0.247 e. The normalized spacial score (nSPS) is 12.1. The molecule has 0 spiro atoms. The van der Waals surface area contributed by atoms with E-state index in [1.54, 1.807) is 47.2 Å². The van der Waals surface area contributed by atoms with Crippen molar-refractivity contribution >= 4 is 5.91 Å². The average molecular weight is 273 g/mol. The first-order valence-electron chi connectivity index (χ1n) is 6.63. The summed E-state index contributed by atoms with van der Waals surface area (Å²) in [5.41, 5.74) is 0.899. The predicted octanol–water partition coefficient (Wildman–Crippen LogP) is 2.20. The zero-order valence-electron chi connectivity index (χ0n) is 11.7. The van der Waals surface area contributed by atoms with E-state index >= 15 is 0 Å². The summed E-state index contributed by atoms with van der Waals surface area (Å²) in [6.07, 6.45) is 4.16. The van der Waals surface area contributed by atoms with Gasteiger partial charge in [0, 0.05) is 26.0 Å². The molecule has 1 aromatic carbocycles. The van der Waals surface area contributed by atoms with Crippen molar-refractivity contribution in [2.24, 2.45) is 0 Å². The highest BCUT2D eigenvalue weighted by molar-refractivity contribution is 5.80. The Morgan fingerprint density at radius 3 is 2.85 bits per heavy atom. The molecule has 0 saturated carbocycles. The fourth-order valence-corrected chi connectivity index (χ4v) is 2.20.